The number of hydrogen-bond acceptors (Lipinski definition) is 9. The normalized spacial score (nSPS) is 16.0. The smallest absolute Gasteiger partial charge is 0.237 e. The first-order chi connectivity index (χ1) is 22.9. The molecule has 3 atom stereocenters. The van der Waals surface area contributed by atoms with E-state index in [-0.39, 0.29) is 18.0 Å². The second-order valence-corrected chi connectivity index (χ2v) is 15.1. The molecule has 14 heteroatoms. The minimum absolute atomic E-state index is 0.0775. The van der Waals surface area contributed by atoms with Gasteiger partial charge in [-0.15, -0.1) is 0 Å². The topological polar surface area (TPSA) is 140 Å². The highest BCUT2D eigenvalue weighted by molar-refractivity contribution is 7.84. The number of benzene rings is 2. The van der Waals surface area contributed by atoms with E-state index in [2.05, 4.69) is 25.3 Å². The van der Waals surface area contributed by atoms with E-state index < -0.39 is 15.7 Å². The van der Waals surface area contributed by atoms with E-state index in [0.29, 0.717) is 86.3 Å². The van der Waals surface area contributed by atoms with Crippen LogP contribution in [0, 0.1) is 0 Å². The van der Waals surface area contributed by atoms with E-state index in [1.807, 2.05) is 64.1 Å². The summed E-state index contributed by atoms with van der Waals surface area (Å²) in [4.78, 5) is 30.1. The molecule has 1 saturated heterocycles. The number of methoxy groups -OCH3 is 2. The van der Waals surface area contributed by atoms with Gasteiger partial charge >= 0.3 is 0 Å². The first-order valence-electron chi connectivity index (χ1n) is 15.5. The van der Waals surface area contributed by atoms with Crippen LogP contribution in [0.4, 0.5) is 0 Å². The molecule has 0 spiro atoms. The van der Waals surface area contributed by atoms with Crippen LogP contribution in [-0.2, 0) is 22.3 Å². The first-order valence-corrected chi connectivity index (χ1v) is 17.4. The van der Waals surface area contributed by atoms with Gasteiger partial charge in [0.25, 0.3) is 0 Å². The quantitative estimate of drug-likeness (QED) is 0.160. The van der Waals surface area contributed by atoms with Crippen LogP contribution in [0.3, 0.4) is 0 Å². The average Bonchev–Trinajstić information content (AvgIpc) is 3.49. The number of nitrogens with one attached hydrogen (secondary N) is 3. The van der Waals surface area contributed by atoms with E-state index in [1.165, 1.54) is 7.11 Å². The SMILES string of the molecule is COc1nc(-c2cccc(-c3cccc(-c4cnc([C@@H](C)N[S@](=O)C(C)(C)C)c(OC)n4)c3Cl)c2Cl)cnc1CNC[C@@H]1CCC(=O)N1. The molecule has 4 aromatic rings. The number of hydrogen-bond donors (Lipinski definition) is 3. The Morgan fingerprint density at radius 1 is 0.938 bits per heavy atom. The van der Waals surface area contributed by atoms with Crippen molar-refractivity contribution in [1.82, 2.24) is 35.3 Å². The predicted octanol–water partition coefficient (Wildman–Crippen LogP) is 6.07. The molecule has 1 amide bonds. The lowest BCUT2D eigenvalue weighted by Gasteiger charge is -2.22. The van der Waals surface area contributed by atoms with Crippen molar-refractivity contribution in [1.29, 1.82) is 0 Å². The fourth-order valence-electron chi connectivity index (χ4n) is 5.23. The Kier molecular flexibility index (Phi) is 11.3. The Hall–Kier alpha value is -3.68. The Morgan fingerprint density at radius 3 is 2.04 bits per heavy atom. The second-order valence-electron chi connectivity index (χ2n) is 12.3. The fourth-order valence-corrected chi connectivity index (χ4v) is 6.67. The molecule has 1 fully saturated rings. The van der Waals surface area contributed by atoms with Gasteiger partial charge in [0.2, 0.25) is 17.7 Å². The number of rotatable bonds is 12. The van der Waals surface area contributed by atoms with Gasteiger partial charge in [-0.25, -0.2) is 18.9 Å². The van der Waals surface area contributed by atoms with Gasteiger partial charge in [-0.2, -0.15) is 0 Å². The monoisotopic (exact) mass is 711 g/mol. The number of carbonyl (C=O) groups is 1. The molecular weight excluding hydrogens is 673 g/mol. The molecule has 254 valence electrons. The highest BCUT2D eigenvalue weighted by Gasteiger charge is 2.25. The van der Waals surface area contributed by atoms with Crippen molar-refractivity contribution in [3.05, 3.63) is 70.2 Å². The second kappa shape index (κ2) is 15.3. The Labute approximate surface area is 293 Å². The van der Waals surface area contributed by atoms with Crippen LogP contribution in [0.25, 0.3) is 33.6 Å². The lowest BCUT2D eigenvalue weighted by Crippen LogP contribution is -2.35. The maximum Gasteiger partial charge on any atom is 0.237 e. The molecule has 0 unspecified atom stereocenters. The Morgan fingerprint density at radius 2 is 1.50 bits per heavy atom. The van der Waals surface area contributed by atoms with Crippen LogP contribution in [0.15, 0.2) is 48.8 Å². The number of ether oxygens (including phenoxy) is 2. The molecule has 2 aromatic heterocycles. The molecule has 0 bridgehead atoms. The molecule has 1 aliphatic rings. The summed E-state index contributed by atoms with van der Waals surface area (Å²) in [6.45, 7) is 8.61. The lowest BCUT2D eigenvalue weighted by atomic mass is 9.98. The summed E-state index contributed by atoms with van der Waals surface area (Å²) in [6.07, 6.45) is 4.65. The van der Waals surface area contributed by atoms with E-state index in [0.717, 1.165) is 6.42 Å². The summed E-state index contributed by atoms with van der Waals surface area (Å²) in [7, 11) is 1.76. The zero-order valence-corrected chi connectivity index (χ0v) is 30.0. The van der Waals surface area contributed by atoms with Crippen LogP contribution in [0.2, 0.25) is 10.0 Å². The number of carbonyl (C=O) groups excluding carboxylic acids is 1. The van der Waals surface area contributed by atoms with Crippen molar-refractivity contribution in [3.8, 4) is 45.4 Å². The molecule has 3 N–H and O–H groups in total. The highest BCUT2D eigenvalue weighted by atomic mass is 35.5. The largest absolute Gasteiger partial charge is 0.480 e. The fraction of sp³-hybridized carbons (Fsp3) is 0.382. The van der Waals surface area contributed by atoms with E-state index >= 15 is 0 Å². The molecule has 3 heterocycles. The van der Waals surface area contributed by atoms with Gasteiger partial charge in [0.05, 0.1) is 69.8 Å². The van der Waals surface area contributed by atoms with Crippen molar-refractivity contribution in [2.75, 3.05) is 20.8 Å². The number of halogens is 2. The number of nitrogens with zero attached hydrogens (tertiary/aromatic N) is 4. The van der Waals surface area contributed by atoms with Gasteiger partial charge in [-0.3, -0.25) is 14.8 Å². The maximum absolute atomic E-state index is 12.7. The van der Waals surface area contributed by atoms with Crippen molar-refractivity contribution >= 4 is 40.1 Å². The standard InChI is InChI=1S/C34H39Cl2N7O4S/c1-19(43-48(45)34(2,3)4)31-33(47-6)42-26(18-39-31)24-12-8-10-22(30(24)36)21-9-7-11-23(29(21)35)25-17-38-27(32(41-25)46-5)16-37-15-20-13-14-28(44)40-20/h7-12,17-20,37,43H,13-16H2,1-6H3,(H,40,44)/t19-,20+,48-/m1/s1. The minimum Gasteiger partial charge on any atom is -0.480 e. The van der Waals surface area contributed by atoms with Crippen LogP contribution in [-0.4, -0.2) is 61.6 Å². The van der Waals surface area contributed by atoms with Crippen molar-refractivity contribution in [3.63, 3.8) is 0 Å². The van der Waals surface area contributed by atoms with E-state index in [4.69, 9.17) is 42.6 Å². The van der Waals surface area contributed by atoms with Crippen LogP contribution in [0.1, 0.15) is 58.0 Å². The lowest BCUT2D eigenvalue weighted by molar-refractivity contribution is -0.119. The van der Waals surface area contributed by atoms with Crippen molar-refractivity contribution in [2.45, 2.75) is 63.9 Å². The zero-order valence-electron chi connectivity index (χ0n) is 27.7. The summed E-state index contributed by atoms with van der Waals surface area (Å²) in [5.74, 6) is 0.757. The highest BCUT2D eigenvalue weighted by Crippen LogP contribution is 2.42. The van der Waals surface area contributed by atoms with Gasteiger partial charge in [0.15, 0.2) is 0 Å². The van der Waals surface area contributed by atoms with Crippen LogP contribution < -0.4 is 24.8 Å². The van der Waals surface area contributed by atoms with Gasteiger partial charge in [0, 0.05) is 47.8 Å². The predicted molar refractivity (Wildman–Crippen MR) is 189 cm³/mol. The van der Waals surface area contributed by atoms with E-state index in [1.54, 1.807) is 19.5 Å². The zero-order chi connectivity index (χ0) is 34.6. The van der Waals surface area contributed by atoms with Gasteiger partial charge in [0.1, 0.15) is 11.4 Å². The summed E-state index contributed by atoms with van der Waals surface area (Å²) in [6, 6.07) is 11.0. The summed E-state index contributed by atoms with van der Waals surface area (Å²) >= 11 is 14.1. The summed E-state index contributed by atoms with van der Waals surface area (Å²) in [5, 5.41) is 7.15. The van der Waals surface area contributed by atoms with Gasteiger partial charge < -0.3 is 20.1 Å². The third kappa shape index (κ3) is 7.95. The average molecular weight is 713 g/mol. The van der Waals surface area contributed by atoms with Crippen LogP contribution >= 0.6 is 23.2 Å². The molecule has 11 nitrogen and oxygen atoms in total. The molecule has 0 saturated carbocycles. The van der Waals surface area contributed by atoms with Crippen LogP contribution in [0.5, 0.6) is 11.8 Å². The van der Waals surface area contributed by atoms with Gasteiger partial charge in [-0.1, -0.05) is 59.6 Å². The Bertz CT molecular complexity index is 1840. The third-order valence-corrected chi connectivity index (χ3v) is 10.3. The summed E-state index contributed by atoms with van der Waals surface area (Å²) < 4.78 is 26.5. The van der Waals surface area contributed by atoms with E-state index in [9.17, 15) is 9.00 Å². The summed E-state index contributed by atoms with van der Waals surface area (Å²) in [5.41, 5.74) is 4.92. The Balaban J connectivity index is 1.40. The molecule has 0 aliphatic carbocycles. The minimum atomic E-state index is -1.31. The molecular formula is C34H39Cl2N7O4S. The van der Waals surface area contributed by atoms with Crippen molar-refractivity contribution < 1.29 is 18.5 Å². The molecule has 1 aliphatic heterocycles. The maximum atomic E-state index is 12.7. The number of amides is 1. The molecule has 2 aromatic carbocycles. The molecule has 0 radical (unpaired) electrons. The third-order valence-electron chi connectivity index (χ3n) is 7.82. The number of aromatic nitrogens is 4. The first kappa shape index (κ1) is 35.6. The van der Waals surface area contributed by atoms with Crippen molar-refractivity contribution in [2.24, 2.45) is 0 Å². The van der Waals surface area contributed by atoms with Gasteiger partial charge in [-0.05, 0) is 34.1 Å². The molecule has 48 heavy (non-hydrogen) atoms. The molecule has 5 rings (SSSR count).